The highest BCUT2D eigenvalue weighted by Gasteiger charge is 2.04. The van der Waals surface area contributed by atoms with Crippen LogP contribution in [0.3, 0.4) is 0 Å². The largest absolute Gasteiger partial charge is 0.381 e. The number of nitrogens with zero attached hydrogens (tertiary/aromatic N) is 1. The average molecular weight is 244 g/mol. The van der Waals surface area contributed by atoms with Gasteiger partial charge in [-0.25, -0.2) is 13.8 Å². The van der Waals surface area contributed by atoms with Gasteiger partial charge < -0.3 is 10.1 Å². The highest BCUT2D eigenvalue weighted by Crippen LogP contribution is 2.10. The Morgan fingerprint density at radius 2 is 2.18 bits per heavy atom. The summed E-state index contributed by atoms with van der Waals surface area (Å²) in [6, 6.07) is 0.810. The van der Waals surface area contributed by atoms with Crippen LogP contribution in [0.25, 0.3) is 0 Å². The molecule has 0 saturated heterocycles. The molecule has 0 atom stereocenters. The summed E-state index contributed by atoms with van der Waals surface area (Å²) in [4.78, 5) is 3.62. The van der Waals surface area contributed by atoms with Gasteiger partial charge in [0.2, 0.25) is 0 Å². The molecule has 0 aromatic carbocycles. The molecule has 1 N–H and O–H groups in total. The third-order valence-electron chi connectivity index (χ3n) is 2.02. The van der Waals surface area contributed by atoms with Crippen LogP contribution in [0.4, 0.5) is 14.6 Å². The Bertz CT molecular complexity index is 345. The van der Waals surface area contributed by atoms with Gasteiger partial charge in [0.15, 0.2) is 11.6 Å². The van der Waals surface area contributed by atoms with Crippen LogP contribution in [-0.4, -0.2) is 24.7 Å². The van der Waals surface area contributed by atoms with E-state index in [-0.39, 0.29) is 5.82 Å². The molecule has 3 nitrogen and oxygen atoms in total. The van der Waals surface area contributed by atoms with Gasteiger partial charge in [-0.15, -0.1) is 0 Å². The fourth-order valence-electron chi connectivity index (χ4n) is 1.24. The molecule has 1 heterocycles. The maximum absolute atomic E-state index is 13.1. The monoisotopic (exact) mass is 244 g/mol. The van der Waals surface area contributed by atoms with E-state index in [1.165, 1.54) is 0 Å². The van der Waals surface area contributed by atoms with E-state index >= 15 is 0 Å². The van der Waals surface area contributed by atoms with Crippen LogP contribution in [0, 0.1) is 17.6 Å². The number of hydrogen-bond donors (Lipinski definition) is 1. The molecule has 1 aromatic heterocycles. The summed E-state index contributed by atoms with van der Waals surface area (Å²) in [6.07, 6.45) is 1.74. The molecule has 0 spiro atoms. The lowest BCUT2D eigenvalue weighted by Crippen LogP contribution is -2.10. The summed E-state index contributed by atoms with van der Waals surface area (Å²) >= 11 is 0. The van der Waals surface area contributed by atoms with Crippen molar-refractivity contribution in [3.05, 3.63) is 23.9 Å². The predicted octanol–water partition coefficient (Wildman–Crippen LogP) is 2.83. The molecular weight excluding hydrogens is 226 g/mol. The van der Waals surface area contributed by atoms with Crippen molar-refractivity contribution in [2.75, 3.05) is 25.1 Å². The number of pyridine rings is 1. The predicted molar refractivity (Wildman–Crippen MR) is 62.9 cm³/mol. The maximum atomic E-state index is 13.1. The Labute approximate surface area is 100 Å². The lowest BCUT2D eigenvalue weighted by atomic mass is 10.2. The third kappa shape index (κ3) is 5.58. The minimum absolute atomic E-state index is 0.0789. The van der Waals surface area contributed by atoms with E-state index in [2.05, 4.69) is 24.1 Å². The van der Waals surface area contributed by atoms with Crippen LogP contribution >= 0.6 is 0 Å². The molecule has 1 rings (SSSR count). The van der Waals surface area contributed by atoms with Crippen LogP contribution in [0.2, 0.25) is 0 Å². The average Bonchev–Trinajstić information content (AvgIpc) is 2.25. The van der Waals surface area contributed by atoms with Gasteiger partial charge in [-0.05, 0) is 12.3 Å². The summed E-state index contributed by atoms with van der Waals surface area (Å²) in [5, 5.41) is 2.80. The zero-order valence-corrected chi connectivity index (χ0v) is 10.2. The van der Waals surface area contributed by atoms with E-state index in [0.717, 1.165) is 25.3 Å². The van der Waals surface area contributed by atoms with Crippen LogP contribution in [0.15, 0.2) is 12.3 Å². The summed E-state index contributed by atoms with van der Waals surface area (Å²) in [6.45, 7) is 6.05. The molecular formula is C12H18F2N2O. The molecule has 0 radical (unpaired) electrons. The second-order valence-electron chi connectivity index (χ2n) is 4.23. The van der Waals surface area contributed by atoms with Gasteiger partial charge in [0, 0.05) is 25.8 Å². The summed E-state index contributed by atoms with van der Waals surface area (Å²) in [5.74, 6) is -0.754. The molecule has 0 amide bonds. The van der Waals surface area contributed by atoms with E-state index in [1.807, 2.05) is 0 Å². The van der Waals surface area contributed by atoms with E-state index in [1.54, 1.807) is 0 Å². The second-order valence-corrected chi connectivity index (χ2v) is 4.23. The SMILES string of the molecule is CC(C)COCCCNc1ncc(F)cc1F. The highest BCUT2D eigenvalue weighted by molar-refractivity contribution is 5.35. The first kappa shape index (κ1) is 13.8. The minimum atomic E-state index is -0.673. The topological polar surface area (TPSA) is 34.1 Å². The number of ether oxygens (including phenoxy) is 1. The number of nitrogens with one attached hydrogen (secondary N) is 1. The van der Waals surface area contributed by atoms with Gasteiger partial charge in [-0.2, -0.15) is 0 Å². The third-order valence-corrected chi connectivity index (χ3v) is 2.02. The van der Waals surface area contributed by atoms with Gasteiger partial charge in [0.05, 0.1) is 6.20 Å². The normalized spacial score (nSPS) is 10.9. The first-order chi connectivity index (χ1) is 8.09. The van der Waals surface area contributed by atoms with Gasteiger partial charge in [0.1, 0.15) is 5.82 Å². The van der Waals surface area contributed by atoms with Crippen molar-refractivity contribution in [2.24, 2.45) is 5.92 Å². The summed E-state index contributed by atoms with van der Waals surface area (Å²) in [7, 11) is 0. The van der Waals surface area contributed by atoms with Crippen molar-refractivity contribution in [2.45, 2.75) is 20.3 Å². The fraction of sp³-hybridized carbons (Fsp3) is 0.583. The van der Waals surface area contributed by atoms with Crippen LogP contribution in [0.1, 0.15) is 20.3 Å². The Hall–Kier alpha value is -1.23. The Morgan fingerprint density at radius 1 is 1.41 bits per heavy atom. The molecule has 17 heavy (non-hydrogen) atoms. The minimum Gasteiger partial charge on any atom is -0.381 e. The quantitative estimate of drug-likeness (QED) is 0.749. The van der Waals surface area contributed by atoms with Gasteiger partial charge in [-0.1, -0.05) is 13.8 Å². The van der Waals surface area contributed by atoms with E-state index < -0.39 is 11.6 Å². The smallest absolute Gasteiger partial charge is 0.168 e. The number of hydrogen-bond acceptors (Lipinski definition) is 3. The molecule has 0 unspecified atom stereocenters. The molecule has 0 aliphatic carbocycles. The Morgan fingerprint density at radius 3 is 2.82 bits per heavy atom. The lowest BCUT2D eigenvalue weighted by molar-refractivity contribution is 0.110. The zero-order chi connectivity index (χ0) is 12.7. The first-order valence-corrected chi connectivity index (χ1v) is 5.72. The van der Waals surface area contributed by atoms with Crippen molar-refractivity contribution in [1.82, 2.24) is 4.98 Å². The molecule has 5 heteroatoms. The number of halogens is 2. The standard InChI is InChI=1S/C12H18F2N2O/c1-9(2)8-17-5-3-4-15-12-11(14)6-10(13)7-16-12/h6-7,9H,3-5,8H2,1-2H3,(H,15,16). The molecule has 1 aromatic rings. The number of anilines is 1. The summed E-state index contributed by atoms with van der Waals surface area (Å²) < 4.78 is 31.1. The fourth-order valence-corrected chi connectivity index (χ4v) is 1.24. The van der Waals surface area contributed by atoms with Crippen molar-refractivity contribution in [1.29, 1.82) is 0 Å². The van der Waals surface area contributed by atoms with E-state index in [9.17, 15) is 8.78 Å². The Balaban J connectivity index is 2.18. The van der Waals surface area contributed by atoms with Crippen molar-refractivity contribution < 1.29 is 13.5 Å². The van der Waals surface area contributed by atoms with Crippen LogP contribution < -0.4 is 5.32 Å². The second kappa shape index (κ2) is 7.17. The number of rotatable bonds is 7. The van der Waals surface area contributed by atoms with Crippen LogP contribution in [-0.2, 0) is 4.74 Å². The summed E-state index contributed by atoms with van der Waals surface area (Å²) in [5.41, 5.74) is 0. The van der Waals surface area contributed by atoms with Crippen molar-refractivity contribution >= 4 is 5.82 Å². The van der Waals surface area contributed by atoms with Crippen molar-refractivity contribution in [3.63, 3.8) is 0 Å². The molecule has 0 aliphatic heterocycles. The molecule has 0 aliphatic rings. The molecule has 0 bridgehead atoms. The van der Waals surface area contributed by atoms with Crippen molar-refractivity contribution in [3.8, 4) is 0 Å². The Kier molecular flexibility index (Phi) is 5.83. The van der Waals surface area contributed by atoms with E-state index in [0.29, 0.717) is 19.1 Å². The van der Waals surface area contributed by atoms with Gasteiger partial charge in [0.25, 0.3) is 0 Å². The van der Waals surface area contributed by atoms with Crippen LogP contribution in [0.5, 0.6) is 0 Å². The maximum Gasteiger partial charge on any atom is 0.168 e. The first-order valence-electron chi connectivity index (χ1n) is 5.72. The molecule has 96 valence electrons. The van der Waals surface area contributed by atoms with Gasteiger partial charge in [-0.3, -0.25) is 0 Å². The molecule has 0 saturated carbocycles. The zero-order valence-electron chi connectivity index (χ0n) is 10.2. The highest BCUT2D eigenvalue weighted by atomic mass is 19.1. The van der Waals surface area contributed by atoms with Gasteiger partial charge >= 0.3 is 0 Å². The molecule has 0 fully saturated rings. The lowest BCUT2D eigenvalue weighted by Gasteiger charge is -2.08. The number of aromatic nitrogens is 1. The van der Waals surface area contributed by atoms with E-state index in [4.69, 9.17) is 4.74 Å².